The molecule has 0 spiro atoms. The molecule has 0 heteroatoms. The summed E-state index contributed by atoms with van der Waals surface area (Å²) >= 11 is 0. The predicted octanol–water partition coefficient (Wildman–Crippen LogP) is 4.64. The van der Waals surface area contributed by atoms with Gasteiger partial charge in [0.15, 0.2) is 0 Å². The third kappa shape index (κ3) is 0.842. The molecule has 4 aliphatic carbocycles. The van der Waals surface area contributed by atoms with E-state index in [-0.39, 0.29) is 0 Å². The minimum atomic E-state index is 0.745. The highest BCUT2D eigenvalue weighted by Crippen LogP contribution is 2.75. The van der Waals surface area contributed by atoms with Crippen LogP contribution in [0.15, 0.2) is 0 Å². The van der Waals surface area contributed by atoms with E-state index >= 15 is 0 Å². The summed E-state index contributed by atoms with van der Waals surface area (Å²) < 4.78 is 0. The van der Waals surface area contributed by atoms with Gasteiger partial charge in [-0.2, -0.15) is 0 Å². The third-order valence-corrected chi connectivity index (χ3v) is 8.01. The van der Waals surface area contributed by atoms with Crippen LogP contribution in [0.1, 0.15) is 65.2 Å². The zero-order chi connectivity index (χ0) is 11.0. The van der Waals surface area contributed by atoms with Gasteiger partial charge in [-0.15, -0.1) is 0 Å². The van der Waals surface area contributed by atoms with Crippen molar-refractivity contribution in [2.24, 2.45) is 34.5 Å². The van der Waals surface area contributed by atoms with Crippen molar-refractivity contribution in [2.45, 2.75) is 65.2 Å². The zero-order valence-corrected chi connectivity index (χ0v) is 11.0. The molecule has 0 N–H and O–H groups in total. The standard InChI is InChI=1S/C16H26/c1-15-11-3-4-12(15)8-10-14-6-5-13(9-7-11)16(14,15)2/h11-14H,3-10H2,1-2H3. The van der Waals surface area contributed by atoms with Crippen molar-refractivity contribution >= 4 is 0 Å². The van der Waals surface area contributed by atoms with Crippen molar-refractivity contribution in [3.05, 3.63) is 0 Å². The lowest BCUT2D eigenvalue weighted by molar-refractivity contribution is -0.133. The molecule has 0 heterocycles. The van der Waals surface area contributed by atoms with Gasteiger partial charge >= 0.3 is 0 Å². The average molecular weight is 218 g/mol. The molecule has 0 unspecified atom stereocenters. The van der Waals surface area contributed by atoms with Crippen LogP contribution in [0.25, 0.3) is 0 Å². The largest absolute Gasteiger partial charge is 0.0586 e. The molecule has 0 radical (unpaired) electrons. The Morgan fingerprint density at radius 2 is 0.688 bits per heavy atom. The van der Waals surface area contributed by atoms with Crippen molar-refractivity contribution in [2.75, 3.05) is 0 Å². The number of rotatable bonds is 0. The number of hydrogen-bond acceptors (Lipinski definition) is 0. The summed E-state index contributed by atoms with van der Waals surface area (Å²) in [6.07, 6.45) is 12.5. The highest BCUT2D eigenvalue weighted by atomic mass is 14.7. The van der Waals surface area contributed by atoms with E-state index in [4.69, 9.17) is 0 Å². The van der Waals surface area contributed by atoms with Gasteiger partial charge in [-0.05, 0) is 85.9 Å². The molecule has 4 fully saturated rings. The van der Waals surface area contributed by atoms with Crippen LogP contribution in [0.2, 0.25) is 0 Å². The lowest BCUT2D eigenvalue weighted by Crippen LogP contribution is -2.55. The maximum absolute atomic E-state index is 2.71. The molecule has 0 aromatic carbocycles. The Morgan fingerprint density at radius 1 is 0.500 bits per heavy atom. The van der Waals surface area contributed by atoms with Crippen molar-refractivity contribution in [1.29, 1.82) is 0 Å². The second kappa shape index (κ2) is 2.87. The third-order valence-electron chi connectivity index (χ3n) is 8.01. The quantitative estimate of drug-likeness (QED) is 0.555. The maximum atomic E-state index is 2.71. The first-order valence-corrected chi connectivity index (χ1v) is 7.67. The summed E-state index contributed by atoms with van der Waals surface area (Å²) in [4.78, 5) is 0. The van der Waals surface area contributed by atoms with E-state index in [1.54, 1.807) is 51.4 Å². The molecule has 0 aromatic heterocycles. The summed E-state index contributed by atoms with van der Waals surface area (Å²) in [6, 6.07) is 0. The summed E-state index contributed by atoms with van der Waals surface area (Å²) in [7, 11) is 0. The molecule has 0 amide bonds. The van der Waals surface area contributed by atoms with E-state index < -0.39 is 0 Å². The molecule has 0 nitrogen and oxygen atoms in total. The second-order valence-corrected chi connectivity index (χ2v) is 7.66. The Labute approximate surface area is 100 Å². The van der Waals surface area contributed by atoms with Gasteiger partial charge in [0.2, 0.25) is 0 Å². The molecule has 90 valence electrons. The fourth-order valence-electron chi connectivity index (χ4n) is 7.01. The molecule has 4 saturated carbocycles. The minimum Gasteiger partial charge on any atom is -0.0586 e. The first kappa shape index (κ1) is 9.97. The van der Waals surface area contributed by atoms with E-state index in [0.717, 1.165) is 34.5 Å². The highest BCUT2D eigenvalue weighted by Gasteiger charge is 2.67. The lowest BCUT2D eigenvalue weighted by atomic mass is 9.43. The molecule has 0 bridgehead atoms. The van der Waals surface area contributed by atoms with Crippen LogP contribution < -0.4 is 0 Å². The first-order chi connectivity index (χ1) is 7.67. The van der Waals surface area contributed by atoms with Crippen LogP contribution in [0.5, 0.6) is 0 Å². The van der Waals surface area contributed by atoms with Gasteiger partial charge < -0.3 is 0 Å². The van der Waals surface area contributed by atoms with Crippen molar-refractivity contribution in [1.82, 2.24) is 0 Å². The van der Waals surface area contributed by atoms with Crippen LogP contribution in [-0.4, -0.2) is 0 Å². The van der Waals surface area contributed by atoms with E-state index in [9.17, 15) is 0 Å². The van der Waals surface area contributed by atoms with E-state index in [1.165, 1.54) is 0 Å². The average Bonchev–Trinajstić information content (AvgIpc) is 2.73. The Balaban J connectivity index is 1.88. The summed E-state index contributed by atoms with van der Waals surface area (Å²) in [5.41, 5.74) is 1.49. The van der Waals surface area contributed by atoms with Crippen molar-refractivity contribution in [3.8, 4) is 0 Å². The lowest BCUT2D eigenvalue weighted by Gasteiger charge is -2.61. The minimum absolute atomic E-state index is 0.745. The highest BCUT2D eigenvalue weighted by molar-refractivity contribution is 5.16. The topological polar surface area (TPSA) is 0 Å². The summed E-state index contributed by atoms with van der Waals surface area (Å²) in [5.74, 6) is 4.39. The van der Waals surface area contributed by atoms with Gasteiger partial charge in [0, 0.05) is 0 Å². The van der Waals surface area contributed by atoms with E-state index in [2.05, 4.69) is 13.8 Å². The zero-order valence-electron chi connectivity index (χ0n) is 11.0. The summed E-state index contributed by atoms with van der Waals surface area (Å²) in [6.45, 7) is 5.41. The van der Waals surface area contributed by atoms with Gasteiger partial charge in [-0.1, -0.05) is 13.8 Å². The van der Waals surface area contributed by atoms with Crippen LogP contribution in [0.3, 0.4) is 0 Å². The van der Waals surface area contributed by atoms with Gasteiger partial charge in [-0.25, -0.2) is 0 Å². The second-order valence-electron chi connectivity index (χ2n) is 7.66. The molecule has 0 atom stereocenters. The molecule has 16 heavy (non-hydrogen) atoms. The summed E-state index contributed by atoms with van der Waals surface area (Å²) in [5, 5.41) is 0. The molecular weight excluding hydrogens is 192 g/mol. The van der Waals surface area contributed by atoms with Crippen molar-refractivity contribution < 1.29 is 0 Å². The Bertz CT molecular complexity index is 260. The Hall–Kier alpha value is 0. The van der Waals surface area contributed by atoms with Gasteiger partial charge in [0.1, 0.15) is 0 Å². The SMILES string of the molecule is CC12C3CCC1CCC1CCC(CC3)C12C. The van der Waals surface area contributed by atoms with Crippen molar-refractivity contribution in [3.63, 3.8) is 0 Å². The molecular formula is C16H26. The van der Waals surface area contributed by atoms with E-state index in [1.807, 2.05) is 0 Å². The first-order valence-electron chi connectivity index (χ1n) is 7.67. The van der Waals surface area contributed by atoms with Gasteiger partial charge in [0.05, 0.1) is 0 Å². The fraction of sp³-hybridized carbons (Fsp3) is 1.00. The Morgan fingerprint density at radius 3 is 0.875 bits per heavy atom. The Kier molecular flexibility index (Phi) is 1.79. The molecule has 0 aromatic rings. The monoisotopic (exact) mass is 218 g/mol. The maximum Gasteiger partial charge on any atom is -0.0210 e. The predicted molar refractivity (Wildman–Crippen MR) is 67.1 cm³/mol. The molecule has 4 rings (SSSR count). The normalized spacial score (nSPS) is 63.4. The van der Waals surface area contributed by atoms with Gasteiger partial charge in [0.25, 0.3) is 0 Å². The van der Waals surface area contributed by atoms with Gasteiger partial charge in [-0.3, -0.25) is 0 Å². The van der Waals surface area contributed by atoms with Crippen LogP contribution in [0, 0.1) is 34.5 Å². The van der Waals surface area contributed by atoms with E-state index in [0.29, 0.717) is 0 Å². The smallest absolute Gasteiger partial charge is 0.0210 e. The molecule has 0 saturated heterocycles. The number of hydrogen-bond donors (Lipinski definition) is 0. The van der Waals surface area contributed by atoms with Crippen LogP contribution in [0.4, 0.5) is 0 Å². The van der Waals surface area contributed by atoms with Crippen LogP contribution in [-0.2, 0) is 0 Å². The van der Waals surface area contributed by atoms with Crippen LogP contribution >= 0.6 is 0 Å². The molecule has 4 aliphatic rings. The fourth-order valence-corrected chi connectivity index (χ4v) is 7.01. The molecule has 0 aliphatic heterocycles.